The van der Waals surface area contributed by atoms with Crippen molar-refractivity contribution in [3.63, 3.8) is 0 Å². The second kappa shape index (κ2) is 3.06. The largest absolute Gasteiger partial charge is 0.458 e. The van der Waals surface area contributed by atoms with Gasteiger partial charge in [-0.3, -0.25) is 9.59 Å². The van der Waals surface area contributed by atoms with Gasteiger partial charge in [0.15, 0.2) is 5.78 Å². The Morgan fingerprint density at radius 2 is 2.11 bits per heavy atom. The van der Waals surface area contributed by atoms with Crippen LogP contribution in [0.3, 0.4) is 0 Å². The molecule has 2 bridgehead atoms. The molecule has 0 N–H and O–H groups in total. The third kappa shape index (κ3) is 1.11. The molecule has 0 unspecified atom stereocenters. The van der Waals surface area contributed by atoms with Gasteiger partial charge in [-0.25, -0.2) is 0 Å². The number of hydrogen-bond acceptors (Lipinski definition) is 3. The Balaban J connectivity index is 1.92. The van der Waals surface area contributed by atoms with Crippen LogP contribution in [0, 0.1) is 17.3 Å². The Labute approximate surface area is 107 Å². The highest BCUT2D eigenvalue weighted by Gasteiger charge is 2.70. The molecule has 4 aliphatic rings. The van der Waals surface area contributed by atoms with E-state index in [4.69, 9.17) is 4.74 Å². The molecule has 2 saturated carbocycles. The molecule has 0 radical (unpaired) electrons. The Hall–Kier alpha value is -1.12. The number of carbonyl (C=O) groups is 2. The summed E-state index contributed by atoms with van der Waals surface area (Å²) in [5.41, 5.74) is 0.513. The molecule has 96 valence electrons. The summed E-state index contributed by atoms with van der Waals surface area (Å²) in [7, 11) is 0. The molecule has 1 saturated heterocycles. The molecule has 0 aromatic heterocycles. The highest BCUT2D eigenvalue weighted by molar-refractivity contribution is 6.00. The Bertz CT molecular complexity index is 486. The van der Waals surface area contributed by atoms with Gasteiger partial charge in [0, 0.05) is 11.3 Å². The van der Waals surface area contributed by atoms with Crippen LogP contribution in [-0.2, 0) is 14.3 Å². The maximum absolute atomic E-state index is 12.4. The average Bonchev–Trinajstić information content (AvgIpc) is 2.98. The lowest BCUT2D eigenvalue weighted by Gasteiger charge is -2.43. The van der Waals surface area contributed by atoms with Crippen LogP contribution in [0.1, 0.15) is 45.4 Å². The predicted molar refractivity (Wildman–Crippen MR) is 64.7 cm³/mol. The zero-order valence-electron chi connectivity index (χ0n) is 10.7. The third-order valence-corrected chi connectivity index (χ3v) is 5.50. The lowest BCUT2D eigenvalue weighted by atomic mass is 9.59. The summed E-state index contributed by atoms with van der Waals surface area (Å²) in [6.45, 7) is 1.98. The Morgan fingerprint density at radius 1 is 1.33 bits per heavy atom. The van der Waals surface area contributed by atoms with Gasteiger partial charge in [-0.15, -0.1) is 0 Å². The smallest absolute Gasteiger partial charge is 0.309 e. The minimum Gasteiger partial charge on any atom is -0.458 e. The second-order valence-electron chi connectivity index (χ2n) is 6.62. The molecule has 4 rings (SSSR count). The van der Waals surface area contributed by atoms with Crippen LogP contribution in [-0.4, -0.2) is 17.4 Å². The number of hydrogen-bond donors (Lipinski definition) is 0. The summed E-state index contributed by atoms with van der Waals surface area (Å²) in [5, 5.41) is 0. The van der Waals surface area contributed by atoms with Crippen molar-refractivity contribution in [2.45, 2.75) is 51.0 Å². The van der Waals surface area contributed by atoms with E-state index in [2.05, 4.69) is 6.08 Å². The molecule has 3 nitrogen and oxygen atoms in total. The Kier molecular flexibility index (Phi) is 1.83. The standard InChI is InChI=1S/C15H18O3/c1-14-8-11(16)10-5-3-2-4-9(13(17)18-14)12(14)15(10)6-7-15/h5,9,12H,2-4,6-8H2,1H3/b10-5-/t9-,12-,14+/m0/s1. The van der Waals surface area contributed by atoms with Crippen molar-refractivity contribution in [2.24, 2.45) is 17.3 Å². The summed E-state index contributed by atoms with van der Waals surface area (Å²) >= 11 is 0. The first-order valence-electron chi connectivity index (χ1n) is 7.04. The zero-order chi connectivity index (χ0) is 12.5. The van der Waals surface area contributed by atoms with Crippen LogP contribution in [0.5, 0.6) is 0 Å². The topological polar surface area (TPSA) is 43.4 Å². The van der Waals surface area contributed by atoms with Crippen molar-refractivity contribution in [3.05, 3.63) is 11.6 Å². The van der Waals surface area contributed by atoms with E-state index in [-0.39, 0.29) is 29.0 Å². The molecule has 0 aromatic rings. The van der Waals surface area contributed by atoms with E-state index in [1.165, 1.54) is 0 Å². The molecule has 0 aromatic carbocycles. The molecule has 1 spiro atoms. The van der Waals surface area contributed by atoms with E-state index in [1.807, 2.05) is 6.92 Å². The number of rotatable bonds is 0. The molecular formula is C15H18O3. The van der Waals surface area contributed by atoms with E-state index < -0.39 is 5.60 Å². The molecule has 1 heterocycles. The second-order valence-corrected chi connectivity index (χ2v) is 6.62. The third-order valence-electron chi connectivity index (χ3n) is 5.50. The fourth-order valence-electron chi connectivity index (χ4n) is 4.81. The lowest BCUT2D eigenvalue weighted by Crippen LogP contribution is -2.48. The quantitative estimate of drug-likeness (QED) is 0.616. The number of Topliss-reactive ketones (excluding diaryl/α,β-unsaturated/α-hetero) is 1. The van der Waals surface area contributed by atoms with Crippen molar-refractivity contribution < 1.29 is 14.3 Å². The van der Waals surface area contributed by atoms with Gasteiger partial charge in [0.25, 0.3) is 0 Å². The van der Waals surface area contributed by atoms with Crippen LogP contribution in [0.4, 0.5) is 0 Å². The lowest BCUT2D eigenvalue weighted by molar-refractivity contribution is -0.152. The van der Waals surface area contributed by atoms with Gasteiger partial charge in [0.1, 0.15) is 5.60 Å². The van der Waals surface area contributed by atoms with E-state index in [0.29, 0.717) is 6.42 Å². The number of esters is 1. The minimum absolute atomic E-state index is 0.00132. The van der Waals surface area contributed by atoms with Gasteiger partial charge in [-0.05, 0) is 44.6 Å². The van der Waals surface area contributed by atoms with Crippen molar-refractivity contribution in [1.29, 1.82) is 0 Å². The SMILES string of the molecule is C[C@]12CC(=O)/C3=C/CCC[C@H](C(=O)O1)[C@@H]2C31CC1. The van der Waals surface area contributed by atoms with Gasteiger partial charge >= 0.3 is 5.97 Å². The van der Waals surface area contributed by atoms with Crippen LogP contribution < -0.4 is 0 Å². The molecule has 3 heteroatoms. The van der Waals surface area contributed by atoms with E-state index in [0.717, 1.165) is 37.7 Å². The number of ketones is 1. The van der Waals surface area contributed by atoms with E-state index in [9.17, 15) is 9.59 Å². The van der Waals surface area contributed by atoms with Crippen molar-refractivity contribution in [2.75, 3.05) is 0 Å². The monoisotopic (exact) mass is 246 g/mol. The van der Waals surface area contributed by atoms with Gasteiger partial charge in [-0.2, -0.15) is 0 Å². The first-order valence-corrected chi connectivity index (χ1v) is 7.04. The minimum atomic E-state index is -0.524. The molecule has 18 heavy (non-hydrogen) atoms. The molecular weight excluding hydrogens is 228 g/mol. The van der Waals surface area contributed by atoms with E-state index >= 15 is 0 Å². The average molecular weight is 246 g/mol. The number of allylic oxidation sites excluding steroid dienone is 2. The predicted octanol–water partition coefficient (Wildman–Crippen LogP) is 2.40. The van der Waals surface area contributed by atoms with Gasteiger partial charge in [-0.1, -0.05) is 6.08 Å². The maximum atomic E-state index is 12.4. The highest BCUT2D eigenvalue weighted by atomic mass is 16.6. The molecule has 3 atom stereocenters. The molecule has 0 amide bonds. The first-order chi connectivity index (χ1) is 8.57. The summed E-state index contributed by atoms with van der Waals surface area (Å²) in [4.78, 5) is 24.5. The van der Waals surface area contributed by atoms with Gasteiger partial charge in [0.2, 0.25) is 0 Å². The van der Waals surface area contributed by atoms with Crippen molar-refractivity contribution in [1.82, 2.24) is 0 Å². The highest BCUT2D eigenvalue weighted by Crippen LogP contribution is 2.69. The van der Waals surface area contributed by atoms with Crippen LogP contribution in [0.25, 0.3) is 0 Å². The van der Waals surface area contributed by atoms with Crippen LogP contribution in [0.15, 0.2) is 11.6 Å². The molecule has 1 aliphatic heterocycles. The summed E-state index contributed by atoms with van der Waals surface area (Å²) < 4.78 is 5.65. The summed E-state index contributed by atoms with van der Waals surface area (Å²) in [6, 6.07) is 0. The van der Waals surface area contributed by atoms with Crippen LogP contribution >= 0.6 is 0 Å². The van der Waals surface area contributed by atoms with Crippen molar-refractivity contribution in [3.8, 4) is 0 Å². The van der Waals surface area contributed by atoms with Gasteiger partial charge < -0.3 is 4.74 Å². The first kappa shape index (κ1) is 10.8. The normalized spacial score (nSPS) is 47.1. The number of ether oxygens (including phenoxy) is 1. The molecule has 3 fully saturated rings. The van der Waals surface area contributed by atoms with Crippen molar-refractivity contribution >= 4 is 11.8 Å². The summed E-state index contributed by atoms with van der Waals surface area (Å²) in [5.74, 6) is 0.461. The fraction of sp³-hybridized carbons (Fsp3) is 0.733. The summed E-state index contributed by atoms with van der Waals surface area (Å²) in [6.07, 6.45) is 7.56. The maximum Gasteiger partial charge on any atom is 0.309 e. The zero-order valence-corrected chi connectivity index (χ0v) is 10.7. The number of carbonyl (C=O) groups excluding carboxylic acids is 2. The van der Waals surface area contributed by atoms with Gasteiger partial charge in [0.05, 0.1) is 12.3 Å². The molecule has 3 aliphatic carbocycles. The van der Waals surface area contributed by atoms with Crippen LogP contribution in [0.2, 0.25) is 0 Å². The van der Waals surface area contributed by atoms with E-state index in [1.54, 1.807) is 0 Å². The Morgan fingerprint density at radius 3 is 2.83 bits per heavy atom. The fourth-order valence-corrected chi connectivity index (χ4v) is 4.81.